The van der Waals surface area contributed by atoms with Gasteiger partial charge in [0.05, 0.1) is 0 Å². The van der Waals surface area contributed by atoms with Gasteiger partial charge in [0.1, 0.15) is 6.04 Å². The van der Waals surface area contributed by atoms with Crippen LogP contribution in [0.25, 0.3) is 0 Å². The molecule has 1 aliphatic carbocycles. The van der Waals surface area contributed by atoms with Gasteiger partial charge in [-0.05, 0) is 36.5 Å². The Kier molecular flexibility index (Phi) is 2.85. The third-order valence-electron chi connectivity index (χ3n) is 3.67. The van der Waals surface area contributed by atoms with E-state index in [-0.39, 0.29) is 5.91 Å². The number of rotatable bonds is 3. The summed E-state index contributed by atoms with van der Waals surface area (Å²) in [5.41, 5.74) is 7.22. The molecule has 2 amide bonds. The predicted molar refractivity (Wildman–Crippen MR) is 72.5 cm³/mol. The lowest BCUT2D eigenvalue weighted by Gasteiger charge is -2.21. The Labute approximate surface area is 111 Å². The number of hydrogen-bond acceptors (Lipinski definition) is 2. The molecule has 2 N–H and O–H groups in total. The average Bonchev–Trinajstić information content (AvgIpc) is 3.14. The fourth-order valence-electron chi connectivity index (χ4n) is 2.47. The van der Waals surface area contributed by atoms with Gasteiger partial charge in [-0.25, -0.2) is 0 Å². The van der Waals surface area contributed by atoms with Crippen molar-refractivity contribution in [2.24, 2.45) is 11.7 Å². The zero-order chi connectivity index (χ0) is 13.4. The zero-order valence-corrected chi connectivity index (χ0v) is 10.6. The van der Waals surface area contributed by atoms with Crippen LogP contribution in [0.2, 0.25) is 0 Å². The molecule has 98 valence electrons. The number of hydrogen-bond donors (Lipinski definition) is 1. The van der Waals surface area contributed by atoms with Crippen molar-refractivity contribution in [1.82, 2.24) is 0 Å². The lowest BCUT2D eigenvalue weighted by atomic mass is 10.1. The monoisotopic (exact) mass is 256 g/mol. The second kappa shape index (κ2) is 4.53. The van der Waals surface area contributed by atoms with E-state index in [1.54, 1.807) is 6.08 Å². The van der Waals surface area contributed by atoms with Gasteiger partial charge < -0.3 is 5.73 Å². The summed E-state index contributed by atoms with van der Waals surface area (Å²) in [6.45, 7) is 0. The van der Waals surface area contributed by atoms with Crippen molar-refractivity contribution < 1.29 is 9.59 Å². The maximum Gasteiger partial charge on any atom is 0.251 e. The maximum absolute atomic E-state index is 12.3. The fraction of sp³-hybridized carbons (Fsp3) is 0.333. The number of nitrogens with two attached hydrogens (primary N) is 1. The molecule has 1 aliphatic heterocycles. The van der Waals surface area contributed by atoms with Crippen LogP contribution >= 0.6 is 0 Å². The molecule has 0 aromatic heterocycles. The van der Waals surface area contributed by atoms with E-state index in [4.69, 9.17) is 5.73 Å². The highest BCUT2D eigenvalue weighted by Crippen LogP contribution is 2.33. The van der Waals surface area contributed by atoms with Gasteiger partial charge in [0.2, 0.25) is 5.91 Å². The topological polar surface area (TPSA) is 63.4 Å². The van der Waals surface area contributed by atoms with Crippen molar-refractivity contribution in [3.8, 4) is 0 Å². The maximum atomic E-state index is 12.3. The molecule has 2 aliphatic rings. The first-order valence-corrected chi connectivity index (χ1v) is 6.55. The van der Waals surface area contributed by atoms with Crippen molar-refractivity contribution >= 4 is 17.5 Å². The molecule has 1 saturated carbocycles. The molecule has 0 radical (unpaired) electrons. The van der Waals surface area contributed by atoms with Gasteiger partial charge in [0.25, 0.3) is 5.91 Å². The van der Waals surface area contributed by atoms with E-state index in [9.17, 15) is 9.59 Å². The van der Waals surface area contributed by atoms with E-state index in [1.165, 1.54) is 4.90 Å². The Balaban J connectivity index is 1.90. The van der Waals surface area contributed by atoms with Gasteiger partial charge in [-0.3, -0.25) is 14.5 Å². The third kappa shape index (κ3) is 2.26. The smallest absolute Gasteiger partial charge is 0.251 e. The first-order valence-electron chi connectivity index (χ1n) is 6.55. The van der Waals surface area contributed by atoms with Crippen LogP contribution in [0.3, 0.4) is 0 Å². The summed E-state index contributed by atoms with van der Waals surface area (Å²) in [6, 6.07) is 7.01. The summed E-state index contributed by atoms with van der Waals surface area (Å²) in [6.07, 6.45) is 6.32. The summed E-state index contributed by atoms with van der Waals surface area (Å²) in [5.74, 6) is -0.0705. The molecular formula is C15H16N2O2. The molecule has 0 unspecified atom stereocenters. The van der Waals surface area contributed by atoms with Gasteiger partial charge in [0, 0.05) is 12.1 Å². The van der Waals surface area contributed by atoms with Crippen LogP contribution in [0.1, 0.15) is 18.4 Å². The van der Waals surface area contributed by atoms with Crippen LogP contribution in [-0.4, -0.2) is 17.9 Å². The number of para-hydroxylation sites is 1. The van der Waals surface area contributed by atoms with E-state index < -0.39 is 11.9 Å². The third-order valence-corrected chi connectivity index (χ3v) is 3.67. The normalized spacial score (nSPS) is 21.7. The second-order valence-electron chi connectivity index (χ2n) is 5.16. The van der Waals surface area contributed by atoms with Crippen molar-refractivity contribution in [3.63, 3.8) is 0 Å². The number of allylic oxidation sites excluding steroid dienone is 1. The lowest BCUT2D eigenvalue weighted by Crippen LogP contribution is -2.45. The number of nitrogens with zero attached hydrogens (tertiary/aromatic N) is 1. The van der Waals surface area contributed by atoms with Crippen LogP contribution in [0.5, 0.6) is 0 Å². The zero-order valence-electron chi connectivity index (χ0n) is 10.6. The standard InChI is InChI=1S/C15H16N2O2/c16-15(19)13-9-11-3-1-2-4-12(11)17(13)14(18)8-7-10-5-6-10/h1-4,7-8,10,13H,5-6,9H2,(H2,16,19)/b8-7+/t13-/m0/s1. The van der Waals surface area contributed by atoms with E-state index >= 15 is 0 Å². The van der Waals surface area contributed by atoms with Crippen LogP contribution in [0, 0.1) is 5.92 Å². The molecule has 3 rings (SSSR count). The summed E-state index contributed by atoms with van der Waals surface area (Å²) in [5, 5.41) is 0. The van der Waals surface area contributed by atoms with E-state index in [1.807, 2.05) is 30.3 Å². The Bertz CT molecular complexity index is 561. The van der Waals surface area contributed by atoms with E-state index in [0.717, 1.165) is 24.1 Å². The molecule has 19 heavy (non-hydrogen) atoms. The minimum Gasteiger partial charge on any atom is -0.368 e. The van der Waals surface area contributed by atoms with E-state index in [2.05, 4.69) is 0 Å². The Morgan fingerprint density at radius 2 is 2.00 bits per heavy atom. The lowest BCUT2D eigenvalue weighted by molar-refractivity contribution is -0.122. The predicted octanol–water partition coefficient (Wildman–Crippen LogP) is 1.40. The molecule has 1 atom stereocenters. The molecule has 4 heteroatoms. The fourth-order valence-corrected chi connectivity index (χ4v) is 2.47. The number of primary amides is 1. The first-order chi connectivity index (χ1) is 9.16. The van der Waals surface area contributed by atoms with Gasteiger partial charge in [-0.1, -0.05) is 24.3 Å². The van der Waals surface area contributed by atoms with Crippen LogP contribution in [0.4, 0.5) is 5.69 Å². The van der Waals surface area contributed by atoms with E-state index in [0.29, 0.717) is 12.3 Å². The highest BCUT2D eigenvalue weighted by Gasteiger charge is 2.36. The highest BCUT2D eigenvalue weighted by atomic mass is 16.2. The quantitative estimate of drug-likeness (QED) is 0.831. The first kappa shape index (κ1) is 12.0. The van der Waals surface area contributed by atoms with Crippen LogP contribution in [-0.2, 0) is 16.0 Å². The molecule has 1 aromatic rings. The van der Waals surface area contributed by atoms with Crippen molar-refractivity contribution in [2.75, 3.05) is 4.90 Å². The number of carbonyl (C=O) groups excluding carboxylic acids is 2. The number of anilines is 1. The summed E-state index contributed by atoms with van der Waals surface area (Å²) in [4.78, 5) is 25.4. The molecule has 1 fully saturated rings. The Morgan fingerprint density at radius 3 is 2.68 bits per heavy atom. The number of benzene rings is 1. The SMILES string of the molecule is NC(=O)[C@@H]1Cc2ccccc2N1C(=O)/C=C/C1CC1. The highest BCUT2D eigenvalue weighted by molar-refractivity contribution is 6.08. The van der Waals surface area contributed by atoms with Gasteiger partial charge in [-0.2, -0.15) is 0 Å². The molecule has 0 saturated heterocycles. The van der Waals surface area contributed by atoms with Crippen molar-refractivity contribution in [3.05, 3.63) is 42.0 Å². The Morgan fingerprint density at radius 1 is 1.26 bits per heavy atom. The molecular weight excluding hydrogens is 240 g/mol. The Hall–Kier alpha value is -2.10. The van der Waals surface area contributed by atoms with Crippen molar-refractivity contribution in [1.29, 1.82) is 0 Å². The largest absolute Gasteiger partial charge is 0.368 e. The second-order valence-corrected chi connectivity index (χ2v) is 5.16. The number of carbonyl (C=O) groups is 2. The molecule has 1 heterocycles. The molecule has 4 nitrogen and oxygen atoms in total. The van der Waals surface area contributed by atoms with Crippen LogP contribution in [0.15, 0.2) is 36.4 Å². The van der Waals surface area contributed by atoms with Crippen LogP contribution < -0.4 is 10.6 Å². The van der Waals surface area contributed by atoms with Crippen molar-refractivity contribution in [2.45, 2.75) is 25.3 Å². The minimum atomic E-state index is -0.561. The molecule has 0 bridgehead atoms. The summed E-state index contributed by atoms with van der Waals surface area (Å²) >= 11 is 0. The van der Waals surface area contributed by atoms with Gasteiger partial charge >= 0.3 is 0 Å². The molecule has 1 aromatic carbocycles. The average molecular weight is 256 g/mol. The molecule has 0 spiro atoms. The summed E-state index contributed by atoms with van der Waals surface area (Å²) < 4.78 is 0. The number of fused-ring (bicyclic) bond motifs is 1. The van der Waals surface area contributed by atoms with Gasteiger partial charge in [-0.15, -0.1) is 0 Å². The summed E-state index contributed by atoms with van der Waals surface area (Å²) in [7, 11) is 0. The minimum absolute atomic E-state index is 0.152. The van der Waals surface area contributed by atoms with Gasteiger partial charge in [0.15, 0.2) is 0 Å². The number of amides is 2.